The average molecular weight is 247 g/mol. The maximum atomic E-state index is 11.6. The number of aromatic nitrogens is 2. The highest BCUT2D eigenvalue weighted by atomic mass is 16.6. The van der Waals surface area contributed by atoms with Gasteiger partial charge in [0.15, 0.2) is 0 Å². The number of nitrogens with zero attached hydrogens (tertiary/aromatic N) is 2. The summed E-state index contributed by atoms with van der Waals surface area (Å²) in [5.74, 6) is 0.489. The molecule has 2 rings (SSSR count). The second-order valence-corrected chi connectivity index (χ2v) is 5.27. The van der Waals surface area contributed by atoms with E-state index in [0.717, 1.165) is 11.0 Å². The molecule has 1 aromatic heterocycles. The molecule has 0 aliphatic heterocycles. The van der Waals surface area contributed by atoms with Gasteiger partial charge in [0, 0.05) is 18.7 Å². The monoisotopic (exact) mass is 247 g/mol. The average Bonchev–Trinajstić information content (AvgIpc) is 2.57. The van der Waals surface area contributed by atoms with E-state index in [1.165, 1.54) is 0 Å². The van der Waals surface area contributed by atoms with Crippen molar-refractivity contribution in [1.29, 1.82) is 0 Å². The molecule has 1 N–H and O–H groups in total. The SMILES string of the molecule is Cn1cnc2cc(OC(=O)NC(C)(C)C)ccc21. The van der Waals surface area contributed by atoms with Crippen LogP contribution < -0.4 is 10.1 Å². The fourth-order valence-electron chi connectivity index (χ4n) is 1.62. The Bertz CT molecular complexity index is 581. The largest absolute Gasteiger partial charge is 0.413 e. The summed E-state index contributed by atoms with van der Waals surface area (Å²) in [6, 6.07) is 5.38. The van der Waals surface area contributed by atoms with E-state index in [-0.39, 0.29) is 5.54 Å². The van der Waals surface area contributed by atoms with Gasteiger partial charge < -0.3 is 14.6 Å². The lowest BCUT2D eigenvalue weighted by Crippen LogP contribution is -2.42. The Hall–Kier alpha value is -2.04. The number of benzene rings is 1. The number of hydrogen-bond donors (Lipinski definition) is 1. The van der Waals surface area contributed by atoms with E-state index < -0.39 is 6.09 Å². The van der Waals surface area contributed by atoms with Crippen molar-refractivity contribution >= 4 is 17.1 Å². The third-order valence-electron chi connectivity index (χ3n) is 2.38. The van der Waals surface area contributed by atoms with E-state index in [2.05, 4.69) is 10.3 Å². The van der Waals surface area contributed by atoms with Gasteiger partial charge >= 0.3 is 6.09 Å². The highest BCUT2D eigenvalue weighted by Crippen LogP contribution is 2.19. The van der Waals surface area contributed by atoms with Gasteiger partial charge in [-0.3, -0.25) is 0 Å². The number of aryl methyl sites for hydroxylation is 1. The molecule has 5 heteroatoms. The van der Waals surface area contributed by atoms with Gasteiger partial charge in [0.05, 0.1) is 17.4 Å². The second kappa shape index (κ2) is 4.33. The number of carbonyl (C=O) groups is 1. The van der Waals surface area contributed by atoms with Gasteiger partial charge in [-0.05, 0) is 32.9 Å². The van der Waals surface area contributed by atoms with Crippen LogP contribution in [-0.2, 0) is 7.05 Å². The molecule has 0 fully saturated rings. The molecule has 0 saturated heterocycles. The number of rotatable bonds is 1. The Morgan fingerprint density at radius 1 is 1.39 bits per heavy atom. The molecular formula is C13H17N3O2. The maximum Gasteiger partial charge on any atom is 0.413 e. The zero-order chi connectivity index (χ0) is 13.3. The lowest BCUT2D eigenvalue weighted by atomic mass is 10.1. The van der Waals surface area contributed by atoms with Crippen LogP contribution in [0.1, 0.15) is 20.8 Å². The molecule has 0 aliphatic carbocycles. The molecule has 0 unspecified atom stereocenters. The lowest BCUT2D eigenvalue weighted by molar-refractivity contribution is 0.190. The minimum Gasteiger partial charge on any atom is -0.410 e. The molecule has 18 heavy (non-hydrogen) atoms. The van der Waals surface area contributed by atoms with Crippen LogP contribution in [0.5, 0.6) is 5.75 Å². The van der Waals surface area contributed by atoms with Gasteiger partial charge in [-0.2, -0.15) is 0 Å². The van der Waals surface area contributed by atoms with Crippen LogP contribution >= 0.6 is 0 Å². The third-order valence-corrected chi connectivity index (χ3v) is 2.38. The Morgan fingerprint density at radius 3 is 2.78 bits per heavy atom. The first kappa shape index (κ1) is 12.4. The normalized spacial score (nSPS) is 11.6. The first-order valence-electron chi connectivity index (χ1n) is 5.76. The minimum absolute atomic E-state index is 0.313. The van der Waals surface area contributed by atoms with Crippen LogP contribution in [0, 0.1) is 0 Å². The molecule has 0 saturated carbocycles. The molecule has 0 radical (unpaired) electrons. The van der Waals surface area contributed by atoms with E-state index in [1.807, 2.05) is 38.5 Å². The van der Waals surface area contributed by atoms with Crippen molar-refractivity contribution in [3.63, 3.8) is 0 Å². The second-order valence-electron chi connectivity index (χ2n) is 5.27. The van der Waals surface area contributed by atoms with Crippen molar-refractivity contribution in [1.82, 2.24) is 14.9 Å². The number of amides is 1. The standard InChI is InChI=1S/C13H17N3O2/c1-13(2,3)15-12(17)18-9-5-6-11-10(7-9)14-8-16(11)4/h5-8H,1-4H3,(H,15,17). The molecule has 0 spiro atoms. The number of hydrogen-bond acceptors (Lipinski definition) is 3. The highest BCUT2D eigenvalue weighted by Gasteiger charge is 2.15. The summed E-state index contributed by atoms with van der Waals surface area (Å²) >= 11 is 0. The van der Waals surface area contributed by atoms with E-state index in [9.17, 15) is 4.79 Å². The Labute approximate surface area is 106 Å². The highest BCUT2D eigenvalue weighted by molar-refractivity contribution is 5.79. The fourth-order valence-corrected chi connectivity index (χ4v) is 1.62. The molecule has 1 amide bonds. The van der Waals surface area contributed by atoms with Crippen LogP contribution in [-0.4, -0.2) is 21.2 Å². The van der Waals surface area contributed by atoms with Crippen LogP contribution in [0.2, 0.25) is 0 Å². The molecular weight excluding hydrogens is 230 g/mol. The fraction of sp³-hybridized carbons (Fsp3) is 0.385. The summed E-state index contributed by atoms with van der Waals surface area (Å²) in [7, 11) is 1.92. The van der Waals surface area contributed by atoms with Gasteiger partial charge in [0.2, 0.25) is 0 Å². The van der Waals surface area contributed by atoms with Crippen molar-refractivity contribution in [2.45, 2.75) is 26.3 Å². The van der Waals surface area contributed by atoms with Crippen molar-refractivity contribution < 1.29 is 9.53 Å². The van der Waals surface area contributed by atoms with Crippen molar-refractivity contribution in [2.24, 2.45) is 7.05 Å². The third kappa shape index (κ3) is 2.80. The number of carbonyl (C=O) groups excluding carboxylic acids is 1. The molecule has 1 heterocycles. The maximum absolute atomic E-state index is 11.6. The van der Waals surface area contributed by atoms with Crippen LogP contribution in [0.15, 0.2) is 24.5 Å². The van der Waals surface area contributed by atoms with E-state index in [0.29, 0.717) is 5.75 Å². The van der Waals surface area contributed by atoms with Crippen LogP contribution in [0.25, 0.3) is 11.0 Å². The molecule has 2 aromatic rings. The molecule has 5 nitrogen and oxygen atoms in total. The van der Waals surface area contributed by atoms with Gasteiger partial charge in [0.25, 0.3) is 0 Å². The summed E-state index contributed by atoms with van der Waals surface area (Å²) in [5.41, 5.74) is 1.49. The van der Waals surface area contributed by atoms with Gasteiger partial charge in [-0.25, -0.2) is 9.78 Å². The van der Waals surface area contributed by atoms with Crippen molar-refractivity contribution in [3.8, 4) is 5.75 Å². The molecule has 0 bridgehead atoms. The van der Waals surface area contributed by atoms with Gasteiger partial charge in [-0.1, -0.05) is 0 Å². The first-order valence-corrected chi connectivity index (χ1v) is 5.76. The zero-order valence-corrected chi connectivity index (χ0v) is 11.0. The van der Waals surface area contributed by atoms with Crippen molar-refractivity contribution in [3.05, 3.63) is 24.5 Å². The molecule has 0 aliphatic rings. The lowest BCUT2D eigenvalue weighted by Gasteiger charge is -2.19. The molecule has 1 aromatic carbocycles. The number of fused-ring (bicyclic) bond motifs is 1. The first-order chi connectivity index (χ1) is 8.35. The predicted octanol–water partition coefficient (Wildman–Crippen LogP) is 2.46. The summed E-state index contributed by atoms with van der Waals surface area (Å²) in [5, 5.41) is 2.73. The van der Waals surface area contributed by atoms with Crippen molar-refractivity contribution in [2.75, 3.05) is 0 Å². The quantitative estimate of drug-likeness (QED) is 0.842. The topological polar surface area (TPSA) is 56.2 Å². The summed E-state index contributed by atoms with van der Waals surface area (Å²) in [4.78, 5) is 15.8. The molecule has 96 valence electrons. The number of imidazole rings is 1. The van der Waals surface area contributed by atoms with Crippen LogP contribution in [0.4, 0.5) is 4.79 Å². The van der Waals surface area contributed by atoms with Gasteiger partial charge in [0.1, 0.15) is 5.75 Å². The van der Waals surface area contributed by atoms with E-state index >= 15 is 0 Å². The molecule has 0 atom stereocenters. The summed E-state index contributed by atoms with van der Waals surface area (Å²) in [6.45, 7) is 5.70. The Balaban J connectivity index is 2.15. The van der Waals surface area contributed by atoms with Crippen LogP contribution in [0.3, 0.4) is 0 Å². The predicted molar refractivity (Wildman–Crippen MR) is 69.6 cm³/mol. The minimum atomic E-state index is -0.460. The van der Waals surface area contributed by atoms with E-state index in [1.54, 1.807) is 18.5 Å². The Kier molecular flexibility index (Phi) is 2.98. The smallest absolute Gasteiger partial charge is 0.410 e. The van der Waals surface area contributed by atoms with Gasteiger partial charge in [-0.15, -0.1) is 0 Å². The summed E-state index contributed by atoms with van der Waals surface area (Å²) < 4.78 is 7.12. The number of ether oxygens (including phenoxy) is 1. The van der Waals surface area contributed by atoms with E-state index in [4.69, 9.17) is 4.74 Å². The number of nitrogens with one attached hydrogen (secondary N) is 1. The summed E-state index contributed by atoms with van der Waals surface area (Å²) in [6.07, 6.45) is 1.27. The Morgan fingerprint density at radius 2 is 2.11 bits per heavy atom. The zero-order valence-electron chi connectivity index (χ0n) is 11.0.